The van der Waals surface area contributed by atoms with E-state index in [0.717, 1.165) is 25.2 Å². The molecule has 0 spiro atoms. The number of benzene rings is 1. The fourth-order valence-electron chi connectivity index (χ4n) is 0.873. The molecule has 0 saturated carbocycles. The summed E-state index contributed by atoms with van der Waals surface area (Å²) >= 11 is 4.70. The minimum atomic E-state index is 0.747. The van der Waals surface area contributed by atoms with Crippen molar-refractivity contribution in [3.63, 3.8) is 0 Å². The molecule has 64 valence electrons. The highest BCUT2D eigenvalue weighted by atomic mass is 32.1. The lowest BCUT2D eigenvalue weighted by Crippen LogP contribution is -1.96. The van der Waals surface area contributed by atoms with E-state index >= 15 is 0 Å². The normalized spacial score (nSPS) is 9.33. The topological polar surface area (TPSA) is 9.23 Å². The van der Waals surface area contributed by atoms with E-state index < -0.39 is 0 Å². The Hall–Kier alpha value is -0.890. The van der Waals surface area contributed by atoms with Gasteiger partial charge < -0.3 is 4.74 Å². The van der Waals surface area contributed by atoms with E-state index in [-0.39, 0.29) is 0 Å². The predicted octanol–water partition coefficient (Wildman–Crippen LogP) is 2.85. The average Bonchev–Trinajstić information content (AvgIpc) is 2.14. The molecule has 0 unspecified atom stereocenters. The van der Waals surface area contributed by atoms with Gasteiger partial charge in [-0.25, -0.2) is 0 Å². The van der Waals surface area contributed by atoms with Gasteiger partial charge >= 0.3 is 0 Å². The minimum absolute atomic E-state index is 0.747. The third-order valence-electron chi connectivity index (χ3n) is 1.48. The van der Waals surface area contributed by atoms with Crippen molar-refractivity contribution in [3.05, 3.63) is 30.3 Å². The number of hydrogen-bond acceptors (Lipinski definition) is 2. The van der Waals surface area contributed by atoms with Crippen molar-refractivity contribution >= 4 is 17.6 Å². The van der Waals surface area contributed by atoms with Crippen LogP contribution in [0.3, 0.4) is 0 Å². The van der Waals surface area contributed by atoms with E-state index in [9.17, 15) is 0 Å². The van der Waals surface area contributed by atoms with Gasteiger partial charge in [-0.05, 0) is 30.3 Å². The van der Waals surface area contributed by atoms with E-state index in [1.165, 1.54) is 0 Å². The Kier molecular flexibility index (Phi) is 4.39. The minimum Gasteiger partial charge on any atom is -0.494 e. The van der Waals surface area contributed by atoms with Gasteiger partial charge in [0, 0.05) is 0 Å². The van der Waals surface area contributed by atoms with Crippen LogP contribution in [0, 0.1) is 0 Å². The predicted molar refractivity (Wildman–Crippen MR) is 54.8 cm³/mol. The molecule has 0 saturated heterocycles. The van der Waals surface area contributed by atoms with Gasteiger partial charge in [-0.1, -0.05) is 30.4 Å². The van der Waals surface area contributed by atoms with Gasteiger partial charge in [0.2, 0.25) is 0 Å². The van der Waals surface area contributed by atoms with Crippen molar-refractivity contribution in [2.75, 3.05) is 6.61 Å². The van der Waals surface area contributed by atoms with Crippen LogP contribution in [0.1, 0.15) is 12.8 Å². The molecule has 0 atom stereocenters. The lowest BCUT2D eigenvalue weighted by molar-refractivity contribution is 0.314. The molecule has 0 N–H and O–H groups in total. The van der Waals surface area contributed by atoms with Crippen LogP contribution < -0.4 is 4.74 Å². The molecule has 0 aliphatic heterocycles. The molecular formula is C10H12OS. The quantitative estimate of drug-likeness (QED) is 0.509. The highest BCUT2D eigenvalue weighted by molar-refractivity contribution is 7.78. The van der Waals surface area contributed by atoms with E-state index in [1.807, 2.05) is 30.3 Å². The van der Waals surface area contributed by atoms with Crippen LogP contribution in [0.5, 0.6) is 5.75 Å². The van der Waals surface area contributed by atoms with Gasteiger partial charge in [-0.15, -0.1) is 0 Å². The molecule has 0 amide bonds. The van der Waals surface area contributed by atoms with Crippen molar-refractivity contribution in [2.24, 2.45) is 0 Å². The zero-order valence-corrected chi connectivity index (χ0v) is 7.72. The molecule has 0 heterocycles. The fraction of sp³-hybridized carbons (Fsp3) is 0.300. The van der Waals surface area contributed by atoms with Crippen LogP contribution in [-0.4, -0.2) is 12.0 Å². The molecule has 0 aliphatic carbocycles. The molecule has 0 radical (unpaired) electrons. The molecule has 1 aromatic rings. The average molecular weight is 180 g/mol. The summed E-state index contributed by atoms with van der Waals surface area (Å²) in [5, 5.41) is 1.74. The summed E-state index contributed by atoms with van der Waals surface area (Å²) in [6.07, 6.45) is 1.95. The number of hydrogen-bond donors (Lipinski definition) is 0. The number of ether oxygens (including phenoxy) is 1. The fourth-order valence-corrected chi connectivity index (χ4v) is 1.04. The van der Waals surface area contributed by atoms with Crippen molar-refractivity contribution in [2.45, 2.75) is 12.8 Å². The number of para-hydroxylation sites is 1. The van der Waals surface area contributed by atoms with E-state index in [2.05, 4.69) is 0 Å². The Balaban J connectivity index is 2.20. The van der Waals surface area contributed by atoms with Crippen molar-refractivity contribution in [1.82, 2.24) is 0 Å². The van der Waals surface area contributed by atoms with Gasteiger partial charge in [0.25, 0.3) is 0 Å². The first-order valence-corrected chi connectivity index (χ1v) is 4.52. The monoisotopic (exact) mass is 180 g/mol. The highest BCUT2D eigenvalue weighted by Crippen LogP contribution is 2.08. The maximum atomic E-state index is 5.44. The molecule has 12 heavy (non-hydrogen) atoms. The maximum Gasteiger partial charge on any atom is 0.119 e. The van der Waals surface area contributed by atoms with Crippen molar-refractivity contribution < 1.29 is 4.74 Å². The van der Waals surface area contributed by atoms with Gasteiger partial charge in [0.15, 0.2) is 0 Å². The molecule has 2 heteroatoms. The Morgan fingerprint density at radius 2 is 2.00 bits per heavy atom. The summed E-state index contributed by atoms with van der Waals surface area (Å²) in [5.74, 6) is 0.932. The number of thiocarbonyl (C=S) groups is 1. The lowest BCUT2D eigenvalue weighted by Gasteiger charge is -2.03. The second-order valence-corrected chi connectivity index (χ2v) is 2.80. The molecule has 1 nitrogen and oxygen atoms in total. The van der Waals surface area contributed by atoms with Gasteiger partial charge in [-0.3, -0.25) is 0 Å². The molecular weight excluding hydrogens is 168 g/mol. The maximum absolute atomic E-state index is 5.44. The summed E-state index contributed by atoms with van der Waals surface area (Å²) in [6.45, 7) is 0.747. The van der Waals surface area contributed by atoms with E-state index in [1.54, 1.807) is 5.37 Å². The summed E-state index contributed by atoms with van der Waals surface area (Å²) in [5.41, 5.74) is 0. The Labute approximate surface area is 78.4 Å². The summed E-state index contributed by atoms with van der Waals surface area (Å²) in [4.78, 5) is 0. The molecule has 0 aliphatic rings. The van der Waals surface area contributed by atoms with Crippen molar-refractivity contribution in [1.29, 1.82) is 0 Å². The number of rotatable bonds is 5. The van der Waals surface area contributed by atoms with E-state index in [4.69, 9.17) is 17.0 Å². The smallest absolute Gasteiger partial charge is 0.119 e. The second kappa shape index (κ2) is 5.72. The van der Waals surface area contributed by atoms with Crippen molar-refractivity contribution in [3.8, 4) is 5.75 Å². The molecule has 0 bridgehead atoms. The summed E-state index contributed by atoms with van der Waals surface area (Å²) in [7, 11) is 0. The number of unbranched alkanes of at least 4 members (excludes halogenated alkanes) is 1. The second-order valence-electron chi connectivity index (χ2n) is 2.47. The molecule has 0 aromatic heterocycles. The largest absolute Gasteiger partial charge is 0.494 e. The third kappa shape index (κ3) is 3.49. The summed E-state index contributed by atoms with van der Waals surface area (Å²) in [6, 6.07) is 9.82. The highest BCUT2D eigenvalue weighted by Gasteiger charge is 1.89. The molecule has 1 rings (SSSR count). The summed E-state index contributed by atoms with van der Waals surface area (Å²) < 4.78 is 5.44. The zero-order chi connectivity index (χ0) is 8.65. The first-order chi connectivity index (χ1) is 5.93. The Bertz CT molecular complexity index is 221. The Morgan fingerprint density at radius 1 is 1.25 bits per heavy atom. The van der Waals surface area contributed by atoms with Crippen LogP contribution in [-0.2, 0) is 0 Å². The molecule has 0 fully saturated rings. The zero-order valence-electron chi connectivity index (χ0n) is 6.90. The van der Waals surface area contributed by atoms with Gasteiger partial charge in [0.05, 0.1) is 6.61 Å². The molecule has 1 aromatic carbocycles. The standard InChI is InChI=1S/C10H12OS/c12-9-5-4-8-11-10-6-2-1-3-7-10/h1-3,6-7,9H,4-5,8H2. The van der Waals surface area contributed by atoms with Crippen LogP contribution >= 0.6 is 12.2 Å². The SMILES string of the molecule is S=CCCCOc1ccccc1. The first-order valence-electron chi connectivity index (χ1n) is 4.05. The third-order valence-corrected chi connectivity index (χ3v) is 1.71. The lowest BCUT2D eigenvalue weighted by atomic mass is 10.3. The van der Waals surface area contributed by atoms with Crippen LogP contribution in [0.25, 0.3) is 0 Å². The van der Waals surface area contributed by atoms with Crippen LogP contribution in [0.4, 0.5) is 0 Å². The first kappa shape index (κ1) is 9.20. The van der Waals surface area contributed by atoms with Gasteiger partial charge in [0.1, 0.15) is 5.75 Å². The van der Waals surface area contributed by atoms with E-state index in [0.29, 0.717) is 0 Å². The van der Waals surface area contributed by atoms with Gasteiger partial charge in [-0.2, -0.15) is 0 Å². The van der Waals surface area contributed by atoms with Crippen LogP contribution in [0.15, 0.2) is 30.3 Å². The van der Waals surface area contributed by atoms with Crippen LogP contribution in [0.2, 0.25) is 0 Å². The Morgan fingerprint density at radius 3 is 2.67 bits per heavy atom.